The summed E-state index contributed by atoms with van der Waals surface area (Å²) in [5, 5.41) is 9.92. The molecular formula is C35H33N5O2S. The summed E-state index contributed by atoms with van der Waals surface area (Å²) in [4.78, 5) is 32.8. The van der Waals surface area contributed by atoms with Crippen LogP contribution in [0.15, 0.2) is 95.1 Å². The van der Waals surface area contributed by atoms with E-state index in [1.54, 1.807) is 4.40 Å². The SMILES string of the molecule is Cc1ccc(C)c(-n2nc(-c3c(C)nc4scc(CC(=O)NC(Cc5ccccc5)c5ccccc5)n4c3=O)cc2C)c1. The van der Waals surface area contributed by atoms with Crippen molar-refractivity contribution in [2.45, 2.75) is 46.6 Å². The third kappa shape index (κ3) is 5.79. The molecule has 0 bridgehead atoms. The maximum Gasteiger partial charge on any atom is 0.268 e. The summed E-state index contributed by atoms with van der Waals surface area (Å²) < 4.78 is 3.44. The van der Waals surface area contributed by atoms with Crippen LogP contribution in [-0.4, -0.2) is 25.1 Å². The second-order valence-electron chi connectivity index (χ2n) is 11.0. The van der Waals surface area contributed by atoms with Crippen molar-refractivity contribution < 1.29 is 4.79 Å². The van der Waals surface area contributed by atoms with Crippen molar-refractivity contribution in [1.82, 2.24) is 24.5 Å². The van der Waals surface area contributed by atoms with Crippen LogP contribution >= 0.6 is 11.3 Å². The number of amides is 1. The molecule has 0 fully saturated rings. The van der Waals surface area contributed by atoms with Gasteiger partial charge in [-0.25, -0.2) is 9.67 Å². The maximum atomic E-state index is 14.0. The van der Waals surface area contributed by atoms with Crippen molar-refractivity contribution in [3.8, 4) is 16.9 Å². The van der Waals surface area contributed by atoms with E-state index in [1.165, 1.54) is 11.3 Å². The van der Waals surface area contributed by atoms with Gasteiger partial charge in [0, 0.05) is 16.8 Å². The summed E-state index contributed by atoms with van der Waals surface area (Å²) in [6.45, 7) is 7.92. The monoisotopic (exact) mass is 587 g/mol. The lowest BCUT2D eigenvalue weighted by Crippen LogP contribution is -2.32. The zero-order valence-electron chi connectivity index (χ0n) is 24.7. The molecule has 0 spiro atoms. The molecule has 8 heteroatoms. The Morgan fingerprint density at radius 1 is 0.930 bits per heavy atom. The Bertz CT molecular complexity index is 1990. The highest BCUT2D eigenvalue weighted by Gasteiger charge is 2.22. The second kappa shape index (κ2) is 11.8. The Balaban J connectivity index is 1.32. The van der Waals surface area contributed by atoms with Crippen LogP contribution in [0.25, 0.3) is 21.9 Å². The fourth-order valence-corrected chi connectivity index (χ4v) is 6.43. The van der Waals surface area contributed by atoms with E-state index in [-0.39, 0.29) is 23.9 Å². The maximum absolute atomic E-state index is 14.0. The molecule has 7 nitrogen and oxygen atoms in total. The summed E-state index contributed by atoms with van der Waals surface area (Å²) >= 11 is 1.36. The summed E-state index contributed by atoms with van der Waals surface area (Å²) in [5.41, 5.74) is 8.29. The molecule has 43 heavy (non-hydrogen) atoms. The number of nitrogens with zero attached hydrogens (tertiary/aromatic N) is 4. The first-order valence-corrected chi connectivity index (χ1v) is 15.2. The van der Waals surface area contributed by atoms with E-state index in [4.69, 9.17) is 10.1 Å². The Morgan fingerprint density at radius 2 is 1.65 bits per heavy atom. The molecule has 0 saturated heterocycles. The number of carbonyl (C=O) groups is 1. The number of aromatic nitrogens is 4. The number of benzene rings is 3. The molecule has 6 rings (SSSR count). The highest BCUT2D eigenvalue weighted by molar-refractivity contribution is 7.15. The van der Waals surface area contributed by atoms with Crippen LogP contribution < -0.4 is 10.9 Å². The van der Waals surface area contributed by atoms with Gasteiger partial charge in [-0.05, 0) is 68.5 Å². The van der Waals surface area contributed by atoms with E-state index in [0.29, 0.717) is 34.0 Å². The molecule has 1 atom stereocenters. The van der Waals surface area contributed by atoms with Crippen molar-refractivity contribution in [2.24, 2.45) is 0 Å². The molecule has 0 saturated carbocycles. The number of fused-ring (bicyclic) bond motifs is 1. The molecule has 3 aromatic heterocycles. The Labute approximate surface area is 254 Å². The van der Waals surface area contributed by atoms with Crippen LogP contribution in [0.1, 0.15) is 45.4 Å². The minimum Gasteiger partial charge on any atom is -0.349 e. The third-order valence-electron chi connectivity index (χ3n) is 7.72. The lowest BCUT2D eigenvalue weighted by molar-refractivity contribution is -0.121. The lowest BCUT2D eigenvalue weighted by atomic mass is 9.98. The Kier molecular flexibility index (Phi) is 7.78. The molecule has 1 N–H and O–H groups in total. The van der Waals surface area contributed by atoms with E-state index < -0.39 is 0 Å². The zero-order chi connectivity index (χ0) is 30.1. The highest BCUT2D eigenvalue weighted by Crippen LogP contribution is 2.25. The van der Waals surface area contributed by atoms with Gasteiger partial charge in [0.05, 0.1) is 29.4 Å². The van der Waals surface area contributed by atoms with E-state index in [1.807, 2.05) is 85.4 Å². The van der Waals surface area contributed by atoms with E-state index in [0.717, 1.165) is 33.6 Å². The average molecular weight is 588 g/mol. The van der Waals surface area contributed by atoms with Gasteiger partial charge in [-0.1, -0.05) is 72.8 Å². The minimum absolute atomic E-state index is 0.0537. The quantitative estimate of drug-likeness (QED) is 0.221. The number of aryl methyl sites for hydroxylation is 4. The van der Waals surface area contributed by atoms with Gasteiger partial charge in [-0.2, -0.15) is 5.10 Å². The van der Waals surface area contributed by atoms with Gasteiger partial charge in [0.1, 0.15) is 5.69 Å². The molecule has 3 heterocycles. The first-order chi connectivity index (χ1) is 20.8. The van der Waals surface area contributed by atoms with Crippen molar-refractivity contribution in [3.05, 3.63) is 140 Å². The molecule has 6 aromatic rings. The smallest absolute Gasteiger partial charge is 0.268 e. The molecule has 0 radical (unpaired) electrons. The van der Waals surface area contributed by atoms with Crippen LogP contribution in [0.4, 0.5) is 0 Å². The van der Waals surface area contributed by atoms with E-state index >= 15 is 0 Å². The molecule has 0 aliphatic heterocycles. The van der Waals surface area contributed by atoms with Crippen LogP contribution in [-0.2, 0) is 17.6 Å². The standard InChI is InChI=1S/C35H33N5O2S/c1-22-15-16-23(2)31(17-22)40-24(3)18-30(38-40)33-25(4)36-35-39(34(33)42)28(21-43-35)20-32(41)37-29(27-13-9-6-10-14-27)19-26-11-7-5-8-12-26/h5-18,21,29H,19-20H2,1-4H3,(H,37,41). The number of hydrogen-bond acceptors (Lipinski definition) is 5. The lowest BCUT2D eigenvalue weighted by Gasteiger charge is -2.19. The first kappa shape index (κ1) is 28.3. The number of rotatable bonds is 8. The van der Waals surface area contributed by atoms with Gasteiger partial charge in [0.25, 0.3) is 5.56 Å². The highest BCUT2D eigenvalue weighted by atomic mass is 32.1. The Morgan fingerprint density at radius 3 is 2.40 bits per heavy atom. The zero-order valence-corrected chi connectivity index (χ0v) is 25.5. The van der Waals surface area contributed by atoms with Crippen LogP contribution in [0.5, 0.6) is 0 Å². The third-order valence-corrected chi connectivity index (χ3v) is 8.59. The summed E-state index contributed by atoms with van der Waals surface area (Å²) in [6, 6.07) is 28.0. The second-order valence-corrected chi connectivity index (χ2v) is 11.8. The fraction of sp³-hybridized carbons (Fsp3) is 0.200. The van der Waals surface area contributed by atoms with E-state index in [9.17, 15) is 9.59 Å². The molecule has 216 valence electrons. The average Bonchev–Trinajstić information content (AvgIpc) is 3.57. The normalized spacial score (nSPS) is 12.0. The van der Waals surface area contributed by atoms with E-state index in [2.05, 4.69) is 42.6 Å². The van der Waals surface area contributed by atoms with Crippen molar-refractivity contribution in [1.29, 1.82) is 0 Å². The largest absolute Gasteiger partial charge is 0.349 e. The minimum atomic E-state index is -0.221. The van der Waals surface area contributed by atoms with Gasteiger partial charge in [-0.15, -0.1) is 11.3 Å². The first-order valence-electron chi connectivity index (χ1n) is 14.3. The predicted octanol–water partition coefficient (Wildman–Crippen LogP) is 6.49. The Hall–Kier alpha value is -4.82. The number of thiazole rings is 1. The molecular weight excluding hydrogens is 554 g/mol. The van der Waals surface area contributed by atoms with Gasteiger partial charge < -0.3 is 5.32 Å². The van der Waals surface area contributed by atoms with Crippen LogP contribution in [0.3, 0.4) is 0 Å². The van der Waals surface area contributed by atoms with Gasteiger partial charge in [0.15, 0.2) is 4.96 Å². The van der Waals surface area contributed by atoms with Gasteiger partial charge in [-0.3, -0.25) is 14.0 Å². The predicted molar refractivity (Wildman–Crippen MR) is 172 cm³/mol. The van der Waals surface area contributed by atoms with Crippen LogP contribution in [0.2, 0.25) is 0 Å². The topological polar surface area (TPSA) is 81.3 Å². The van der Waals surface area contributed by atoms with Gasteiger partial charge in [0.2, 0.25) is 5.91 Å². The summed E-state index contributed by atoms with van der Waals surface area (Å²) in [6.07, 6.45) is 0.715. The molecule has 3 aromatic carbocycles. The molecule has 1 unspecified atom stereocenters. The fourth-order valence-electron chi connectivity index (χ4n) is 5.51. The van der Waals surface area contributed by atoms with Crippen LogP contribution in [0, 0.1) is 27.7 Å². The number of nitrogens with one attached hydrogen (secondary N) is 1. The summed E-state index contributed by atoms with van der Waals surface area (Å²) in [5.74, 6) is -0.159. The van der Waals surface area contributed by atoms with Crippen molar-refractivity contribution in [3.63, 3.8) is 0 Å². The van der Waals surface area contributed by atoms with Crippen molar-refractivity contribution in [2.75, 3.05) is 0 Å². The van der Waals surface area contributed by atoms with Crippen molar-refractivity contribution >= 4 is 22.2 Å². The van der Waals surface area contributed by atoms with Gasteiger partial charge >= 0.3 is 0 Å². The molecule has 0 aliphatic carbocycles. The summed E-state index contributed by atoms with van der Waals surface area (Å²) in [7, 11) is 0. The number of carbonyl (C=O) groups excluding carboxylic acids is 1. The molecule has 1 amide bonds. The number of hydrogen-bond donors (Lipinski definition) is 1. The molecule has 0 aliphatic rings.